The van der Waals surface area contributed by atoms with Crippen molar-refractivity contribution in [2.75, 3.05) is 20.3 Å². The van der Waals surface area contributed by atoms with E-state index in [-0.39, 0.29) is 36.3 Å². The standard InChI is InChI=1S/C22H26F3NO6/c1-3-17(30-2)32-9-8-31-11-15-14(6-7-16(26-15)22(23,24)25)21(29)18-19(27)12-4-5-13(10-12)20(18)28/h6-7,12-13,17-18H,3-5,8-11H2,1-2H3. The van der Waals surface area contributed by atoms with Gasteiger partial charge < -0.3 is 14.2 Å². The van der Waals surface area contributed by atoms with Crippen LogP contribution < -0.4 is 0 Å². The number of ether oxygens (including phenoxy) is 3. The SMILES string of the molecule is CCC(OC)OCCOCc1nc(C(F)(F)F)ccc1C(=O)C1C(=O)C2CCC(C2)C1=O. The Hall–Kier alpha value is -2.17. The highest BCUT2D eigenvalue weighted by atomic mass is 19.4. The molecule has 2 fully saturated rings. The third-order valence-corrected chi connectivity index (χ3v) is 5.97. The van der Waals surface area contributed by atoms with Gasteiger partial charge in [0.2, 0.25) is 0 Å². The van der Waals surface area contributed by atoms with E-state index >= 15 is 0 Å². The summed E-state index contributed by atoms with van der Waals surface area (Å²) in [5.74, 6) is -3.87. The summed E-state index contributed by atoms with van der Waals surface area (Å²) in [6.07, 6.45) is -2.98. The van der Waals surface area contributed by atoms with Crippen LogP contribution in [0.15, 0.2) is 12.1 Å². The topological polar surface area (TPSA) is 91.8 Å². The summed E-state index contributed by atoms with van der Waals surface area (Å²) in [6, 6.07) is 1.65. The number of Topliss-reactive ketones (excluding diaryl/α,β-unsaturated/α-hetero) is 3. The molecule has 2 saturated carbocycles. The van der Waals surface area contributed by atoms with Crippen molar-refractivity contribution in [2.24, 2.45) is 17.8 Å². The first-order valence-corrected chi connectivity index (χ1v) is 10.6. The number of halogens is 3. The van der Waals surface area contributed by atoms with Crippen LogP contribution in [0.3, 0.4) is 0 Å². The monoisotopic (exact) mass is 457 g/mol. The number of rotatable bonds is 10. The largest absolute Gasteiger partial charge is 0.433 e. The number of nitrogens with zero attached hydrogens (tertiary/aromatic N) is 1. The Balaban J connectivity index is 1.78. The molecule has 2 aliphatic carbocycles. The summed E-state index contributed by atoms with van der Waals surface area (Å²) in [5.41, 5.74) is -1.65. The Kier molecular flexibility index (Phi) is 7.79. The van der Waals surface area contributed by atoms with Gasteiger partial charge in [0.05, 0.1) is 25.5 Å². The molecule has 3 unspecified atom stereocenters. The van der Waals surface area contributed by atoms with Crippen LogP contribution in [0.1, 0.15) is 54.4 Å². The third kappa shape index (κ3) is 5.24. The van der Waals surface area contributed by atoms with E-state index in [4.69, 9.17) is 14.2 Å². The van der Waals surface area contributed by atoms with Crippen LogP contribution in [0.4, 0.5) is 13.2 Å². The molecule has 0 saturated heterocycles. The number of aromatic nitrogens is 1. The zero-order chi connectivity index (χ0) is 23.5. The van der Waals surface area contributed by atoms with Gasteiger partial charge in [0.1, 0.15) is 11.6 Å². The van der Waals surface area contributed by atoms with Crippen LogP contribution in [0, 0.1) is 17.8 Å². The molecule has 0 N–H and O–H groups in total. The first-order valence-electron chi connectivity index (χ1n) is 10.6. The van der Waals surface area contributed by atoms with E-state index in [1.165, 1.54) is 7.11 Å². The van der Waals surface area contributed by atoms with Crippen molar-refractivity contribution in [3.8, 4) is 0 Å². The van der Waals surface area contributed by atoms with Crippen LogP contribution in [0.25, 0.3) is 0 Å². The number of ketones is 3. The van der Waals surface area contributed by atoms with Crippen molar-refractivity contribution in [2.45, 2.75) is 51.7 Å². The number of methoxy groups -OCH3 is 1. The van der Waals surface area contributed by atoms with Crippen molar-refractivity contribution in [3.05, 3.63) is 29.1 Å². The Morgan fingerprint density at radius 2 is 1.81 bits per heavy atom. The molecular formula is C22H26F3NO6. The van der Waals surface area contributed by atoms with E-state index in [2.05, 4.69) is 4.98 Å². The van der Waals surface area contributed by atoms with Crippen molar-refractivity contribution >= 4 is 17.3 Å². The minimum atomic E-state index is -4.72. The van der Waals surface area contributed by atoms with Crippen LogP contribution in [-0.2, 0) is 36.6 Å². The Bertz CT molecular complexity index is 846. The van der Waals surface area contributed by atoms with Crippen LogP contribution in [0.5, 0.6) is 0 Å². The smallest absolute Gasteiger partial charge is 0.373 e. The molecule has 0 radical (unpaired) electrons. The Labute approximate surface area is 183 Å². The molecule has 1 heterocycles. The minimum Gasteiger partial charge on any atom is -0.373 e. The molecule has 32 heavy (non-hydrogen) atoms. The predicted molar refractivity (Wildman–Crippen MR) is 105 cm³/mol. The number of fused-ring (bicyclic) bond motifs is 2. The number of carbonyl (C=O) groups is 3. The van der Waals surface area contributed by atoms with Crippen molar-refractivity contribution in [3.63, 3.8) is 0 Å². The number of carbonyl (C=O) groups excluding carboxylic acids is 3. The van der Waals surface area contributed by atoms with Crippen LogP contribution in [-0.4, -0.2) is 48.9 Å². The van der Waals surface area contributed by atoms with E-state index in [0.717, 1.165) is 6.07 Å². The maximum atomic E-state index is 13.2. The van der Waals surface area contributed by atoms with E-state index in [0.29, 0.717) is 31.7 Å². The molecule has 0 aliphatic heterocycles. The van der Waals surface area contributed by atoms with Gasteiger partial charge in [-0.3, -0.25) is 14.4 Å². The summed E-state index contributed by atoms with van der Waals surface area (Å²) >= 11 is 0. The van der Waals surface area contributed by atoms with E-state index in [1.807, 2.05) is 6.92 Å². The van der Waals surface area contributed by atoms with Crippen molar-refractivity contribution in [1.29, 1.82) is 0 Å². The highest BCUT2D eigenvalue weighted by Gasteiger charge is 2.50. The van der Waals surface area contributed by atoms with Gasteiger partial charge >= 0.3 is 6.18 Å². The van der Waals surface area contributed by atoms with E-state index < -0.39 is 48.0 Å². The summed E-state index contributed by atoms with van der Waals surface area (Å²) in [6.45, 7) is 1.61. The Morgan fingerprint density at radius 3 is 2.38 bits per heavy atom. The molecule has 0 spiro atoms. The maximum Gasteiger partial charge on any atom is 0.433 e. The van der Waals surface area contributed by atoms with E-state index in [9.17, 15) is 27.6 Å². The fourth-order valence-corrected chi connectivity index (χ4v) is 4.28. The molecule has 176 valence electrons. The molecule has 2 bridgehead atoms. The molecular weight excluding hydrogens is 431 g/mol. The van der Waals surface area contributed by atoms with Gasteiger partial charge in [-0.15, -0.1) is 0 Å². The molecule has 3 rings (SSSR count). The molecule has 3 atom stereocenters. The number of alkyl halides is 3. The quantitative estimate of drug-likeness (QED) is 0.230. The minimum absolute atomic E-state index is 0.0247. The van der Waals surface area contributed by atoms with Crippen LogP contribution in [0.2, 0.25) is 0 Å². The number of pyridine rings is 1. The van der Waals surface area contributed by atoms with Gasteiger partial charge in [-0.1, -0.05) is 6.92 Å². The molecule has 7 nitrogen and oxygen atoms in total. The van der Waals surface area contributed by atoms with Gasteiger partial charge in [0.15, 0.2) is 23.6 Å². The summed E-state index contributed by atoms with van der Waals surface area (Å²) < 4.78 is 55.3. The summed E-state index contributed by atoms with van der Waals surface area (Å²) in [5, 5.41) is 0. The second kappa shape index (κ2) is 10.2. The van der Waals surface area contributed by atoms with Crippen molar-refractivity contribution < 1.29 is 41.8 Å². The molecule has 0 amide bonds. The summed E-state index contributed by atoms with van der Waals surface area (Å²) in [7, 11) is 1.49. The lowest BCUT2D eigenvalue weighted by Crippen LogP contribution is -2.42. The van der Waals surface area contributed by atoms with E-state index in [1.54, 1.807) is 0 Å². The molecule has 0 aromatic carbocycles. The zero-order valence-corrected chi connectivity index (χ0v) is 17.9. The van der Waals surface area contributed by atoms with Gasteiger partial charge in [-0.25, -0.2) is 4.98 Å². The maximum absolute atomic E-state index is 13.2. The molecule has 2 aliphatic rings. The highest BCUT2D eigenvalue weighted by molar-refractivity contribution is 6.26. The predicted octanol–water partition coefficient (Wildman–Crippen LogP) is 3.38. The zero-order valence-electron chi connectivity index (χ0n) is 17.9. The third-order valence-electron chi connectivity index (χ3n) is 5.97. The Morgan fingerprint density at radius 1 is 1.16 bits per heavy atom. The van der Waals surface area contributed by atoms with Gasteiger partial charge in [-0.2, -0.15) is 13.2 Å². The average Bonchev–Trinajstić information content (AvgIpc) is 3.21. The molecule has 1 aromatic rings. The first-order chi connectivity index (χ1) is 15.2. The number of hydrogen-bond acceptors (Lipinski definition) is 7. The van der Waals surface area contributed by atoms with Gasteiger partial charge in [-0.05, 0) is 37.8 Å². The van der Waals surface area contributed by atoms with Crippen LogP contribution >= 0.6 is 0 Å². The fourth-order valence-electron chi connectivity index (χ4n) is 4.28. The lowest BCUT2D eigenvalue weighted by atomic mass is 9.75. The second-order valence-corrected chi connectivity index (χ2v) is 7.99. The summed E-state index contributed by atoms with van der Waals surface area (Å²) in [4.78, 5) is 42.0. The average molecular weight is 457 g/mol. The first kappa shape index (κ1) is 24.5. The number of hydrogen-bond donors (Lipinski definition) is 0. The molecule has 10 heteroatoms. The second-order valence-electron chi connectivity index (χ2n) is 7.99. The lowest BCUT2D eigenvalue weighted by Gasteiger charge is -2.25. The lowest BCUT2D eigenvalue weighted by molar-refractivity contribution is -0.142. The normalized spacial score (nSPS) is 24.1. The van der Waals surface area contributed by atoms with Crippen molar-refractivity contribution in [1.82, 2.24) is 4.98 Å². The fraction of sp³-hybridized carbons (Fsp3) is 0.636. The molecule has 1 aromatic heterocycles. The van der Waals surface area contributed by atoms with Gasteiger partial charge in [0, 0.05) is 24.5 Å². The highest BCUT2D eigenvalue weighted by Crippen LogP contribution is 2.41. The van der Waals surface area contributed by atoms with Gasteiger partial charge in [0.25, 0.3) is 0 Å².